The van der Waals surface area contributed by atoms with Crippen molar-refractivity contribution in [2.75, 3.05) is 0 Å². The first-order valence-electron chi connectivity index (χ1n) is 10.6. The number of carbonyl (C=O) groups is 1. The van der Waals surface area contributed by atoms with Crippen molar-refractivity contribution in [3.05, 3.63) is 75.5 Å². The van der Waals surface area contributed by atoms with Gasteiger partial charge in [0, 0.05) is 39.8 Å². The minimum atomic E-state index is -2.61. The zero-order valence-corrected chi connectivity index (χ0v) is 19.2. The third-order valence-electron chi connectivity index (χ3n) is 5.94. The van der Waals surface area contributed by atoms with Crippen molar-refractivity contribution in [1.82, 2.24) is 5.32 Å². The zero-order chi connectivity index (χ0) is 22.3. The molecule has 0 spiro atoms. The van der Waals surface area contributed by atoms with Gasteiger partial charge in [-0.3, -0.25) is 4.79 Å². The molecule has 0 saturated heterocycles. The molecule has 32 heavy (non-hydrogen) atoms. The van der Waals surface area contributed by atoms with E-state index in [-0.39, 0.29) is 24.8 Å². The van der Waals surface area contributed by atoms with Gasteiger partial charge in [-0.1, -0.05) is 30.0 Å². The van der Waals surface area contributed by atoms with E-state index in [9.17, 15) is 13.6 Å². The van der Waals surface area contributed by atoms with Gasteiger partial charge >= 0.3 is 0 Å². The van der Waals surface area contributed by atoms with E-state index in [0.717, 1.165) is 31.6 Å². The summed E-state index contributed by atoms with van der Waals surface area (Å²) in [5.41, 5.74) is 4.40. The van der Waals surface area contributed by atoms with Crippen LogP contribution in [0.15, 0.2) is 68.7 Å². The average molecular weight is 469 g/mol. The molecule has 1 aromatic heterocycles. The predicted molar refractivity (Wildman–Crippen MR) is 126 cm³/mol. The quantitative estimate of drug-likeness (QED) is 0.352. The molecule has 1 fully saturated rings. The summed E-state index contributed by atoms with van der Waals surface area (Å²) in [7, 11) is 0. The number of alkyl halides is 2. The Morgan fingerprint density at radius 1 is 1.09 bits per heavy atom. The average Bonchev–Trinajstić information content (AvgIpc) is 3.12. The van der Waals surface area contributed by atoms with Crippen LogP contribution in [0, 0.1) is 6.92 Å². The predicted octanol–water partition coefficient (Wildman–Crippen LogP) is 7.00. The number of aliphatic imine (C=N–C) groups is 1. The second-order valence-corrected chi connectivity index (χ2v) is 10.3. The SMILES string of the molecule is Cc1ccsc1C1=Nc2cc(C(=O)NC3CCC(F)(F)CC3)ccc2Sc2ccccc21. The monoisotopic (exact) mass is 468 g/mol. The number of hydrogen-bond donors (Lipinski definition) is 1. The lowest BCUT2D eigenvalue weighted by molar-refractivity contribution is -0.0399. The number of benzene rings is 2. The lowest BCUT2D eigenvalue weighted by atomic mass is 9.92. The summed E-state index contributed by atoms with van der Waals surface area (Å²) in [6.45, 7) is 2.08. The number of hydrogen-bond acceptors (Lipinski definition) is 4. The standard InChI is InChI=1S/C25H22F2N2OS2/c1-15-10-13-31-23(15)22-18-4-2-3-5-20(18)32-21-7-6-16(14-19(21)29-22)24(30)28-17-8-11-25(26,27)12-9-17/h2-7,10,13-14,17H,8-9,11-12H2,1H3,(H,28,30). The topological polar surface area (TPSA) is 41.5 Å². The van der Waals surface area contributed by atoms with Gasteiger partial charge in [-0.15, -0.1) is 11.3 Å². The number of rotatable bonds is 3. The summed E-state index contributed by atoms with van der Waals surface area (Å²) >= 11 is 3.30. The van der Waals surface area contributed by atoms with Crippen LogP contribution in [0.1, 0.15) is 52.0 Å². The van der Waals surface area contributed by atoms with Crippen LogP contribution in [0.2, 0.25) is 0 Å². The molecule has 0 bridgehead atoms. The van der Waals surface area contributed by atoms with E-state index < -0.39 is 5.92 Å². The van der Waals surface area contributed by atoms with E-state index in [1.54, 1.807) is 29.2 Å². The fraction of sp³-hybridized carbons (Fsp3) is 0.280. The van der Waals surface area contributed by atoms with Crippen LogP contribution < -0.4 is 5.32 Å². The highest BCUT2D eigenvalue weighted by Gasteiger charge is 2.35. The Labute approximate surface area is 194 Å². The highest BCUT2D eigenvalue weighted by Crippen LogP contribution is 2.42. The summed E-state index contributed by atoms with van der Waals surface area (Å²) in [4.78, 5) is 21.1. The first-order valence-corrected chi connectivity index (χ1v) is 12.3. The molecule has 0 atom stereocenters. The number of halogens is 2. The van der Waals surface area contributed by atoms with E-state index in [1.807, 2.05) is 24.3 Å². The maximum absolute atomic E-state index is 13.4. The zero-order valence-electron chi connectivity index (χ0n) is 17.5. The van der Waals surface area contributed by atoms with Gasteiger partial charge in [0.25, 0.3) is 5.91 Å². The third kappa shape index (κ3) is 4.24. The second kappa shape index (κ2) is 8.45. The van der Waals surface area contributed by atoms with Crippen molar-refractivity contribution in [2.24, 2.45) is 4.99 Å². The summed E-state index contributed by atoms with van der Waals surface area (Å²) < 4.78 is 26.9. The summed E-state index contributed by atoms with van der Waals surface area (Å²) in [6, 6.07) is 15.6. The lowest BCUT2D eigenvalue weighted by Gasteiger charge is -2.28. The Kier molecular flexibility index (Phi) is 5.63. The Hall–Kier alpha value is -2.51. The molecule has 2 heterocycles. The fourth-order valence-corrected chi connectivity index (χ4v) is 6.06. The molecule has 1 aliphatic heterocycles. The minimum Gasteiger partial charge on any atom is -0.349 e. The van der Waals surface area contributed by atoms with Crippen LogP contribution >= 0.6 is 23.1 Å². The molecule has 0 unspecified atom stereocenters. The highest BCUT2D eigenvalue weighted by molar-refractivity contribution is 7.99. The Morgan fingerprint density at radius 2 is 1.88 bits per heavy atom. The van der Waals surface area contributed by atoms with Crippen molar-refractivity contribution in [2.45, 2.75) is 54.4 Å². The van der Waals surface area contributed by atoms with E-state index in [4.69, 9.17) is 4.99 Å². The Morgan fingerprint density at radius 3 is 2.62 bits per heavy atom. The summed E-state index contributed by atoms with van der Waals surface area (Å²) in [5, 5.41) is 5.00. The van der Waals surface area contributed by atoms with Crippen LogP contribution in [0.25, 0.3) is 0 Å². The molecular formula is C25H22F2N2OS2. The number of amides is 1. The fourth-order valence-electron chi connectivity index (χ4n) is 4.12. The normalized spacial score (nSPS) is 17.7. The highest BCUT2D eigenvalue weighted by atomic mass is 32.2. The largest absolute Gasteiger partial charge is 0.349 e. The maximum Gasteiger partial charge on any atom is 0.251 e. The van der Waals surface area contributed by atoms with Gasteiger partial charge in [0.05, 0.1) is 16.3 Å². The van der Waals surface area contributed by atoms with Gasteiger partial charge in [0.1, 0.15) is 0 Å². The molecule has 1 saturated carbocycles. The molecule has 2 aliphatic rings. The first-order chi connectivity index (χ1) is 15.4. The van der Waals surface area contributed by atoms with Crippen molar-refractivity contribution in [1.29, 1.82) is 0 Å². The third-order valence-corrected chi connectivity index (χ3v) is 8.11. The van der Waals surface area contributed by atoms with Crippen molar-refractivity contribution >= 4 is 40.4 Å². The molecule has 3 aromatic rings. The number of thiophene rings is 1. The molecule has 164 valence electrons. The Bertz CT molecular complexity index is 1210. The van der Waals surface area contributed by atoms with Gasteiger partial charge in [0.15, 0.2) is 0 Å². The smallest absolute Gasteiger partial charge is 0.251 e. The molecule has 1 amide bonds. The van der Waals surface area contributed by atoms with E-state index >= 15 is 0 Å². The first kappa shape index (κ1) is 21.3. The maximum atomic E-state index is 13.4. The minimum absolute atomic E-state index is 0.176. The van der Waals surface area contributed by atoms with E-state index in [2.05, 4.69) is 35.8 Å². The van der Waals surface area contributed by atoms with Crippen LogP contribution in [0.4, 0.5) is 14.5 Å². The summed E-state index contributed by atoms with van der Waals surface area (Å²) in [6.07, 6.45) is 0.249. The van der Waals surface area contributed by atoms with Crippen LogP contribution in [-0.2, 0) is 0 Å². The summed E-state index contributed by atoms with van der Waals surface area (Å²) in [5.74, 6) is -2.85. The molecule has 1 N–H and O–H groups in total. The number of nitrogens with one attached hydrogen (secondary N) is 1. The number of aryl methyl sites for hydroxylation is 1. The van der Waals surface area contributed by atoms with Crippen LogP contribution in [0.5, 0.6) is 0 Å². The van der Waals surface area contributed by atoms with Crippen molar-refractivity contribution in [3.8, 4) is 0 Å². The molecule has 3 nitrogen and oxygen atoms in total. The van der Waals surface area contributed by atoms with Crippen LogP contribution in [-0.4, -0.2) is 23.6 Å². The second-order valence-electron chi connectivity index (χ2n) is 8.28. The van der Waals surface area contributed by atoms with Crippen molar-refractivity contribution < 1.29 is 13.6 Å². The van der Waals surface area contributed by atoms with E-state index in [0.29, 0.717) is 18.4 Å². The lowest BCUT2D eigenvalue weighted by Crippen LogP contribution is -2.40. The molecule has 2 aromatic carbocycles. The molecular weight excluding hydrogens is 446 g/mol. The van der Waals surface area contributed by atoms with Gasteiger partial charge in [0.2, 0.25) is 5.92 Å². The molecule has 7 heteroatoms. The molecule has 5 rings (SSSR count). The van der Waals surface area contributed by atoms with E-state index in [1.165, 1.54) is 5.56 Å². The van der Waals surface area contributed by atoms with Gasteiger partial charge < -0.3 is 5.32 Å². The number of carbonyl (C=O) groups excluding carboxylic acids is 1. The van der Waals surface area contributed by atoms with Gasteiger partial charge in [-0.2, -0.15) is 0 Å². The van der Waals surface area contributed by atoms with Crippen LogP contribution in [0.3, 0.4) is 0 Å². The van der Waals surface area contributed by atoms with Crippen molar-refractivity contribution in [3.63, 3.8) is 0 Å². The molecule has 1 aliphatic carbocycles. The van der Waals surface area contributed by atoms with Gasteiger partial charge in [-0.05, 0) is 61.0 Å². The Balaban J connectivity index is 1.48. The molecule has 0 radical (unpaired) electrons. The number of nitrogens with zero attached hydrogens (tertiary/aromatic N) is 1. The van der Waals surface area contributed by atoms with Gasteiger partial charge in [-0.25, -0.2) is 13.8 Å². The number of fused-ring (bicyclic) bond motifs is 2.